The van der Waals surface area contributed by atoms with Crippen molar-refractivity contribution in [3.8, 4) is 0 Å². The van der Waals surface area contributed by atoms with Gasteiger partial charge in [0, 0.05) is 36.9 Å². The zero-order valence-electron chi connectivity index (χ0n) is 14.0. The van der Waals surface area contributed by atoms with Gasteiger partial charge in [-0.05, 0) is 45.6 Å². The van der Waals surface area contributed by atoms with Gasteiger partial charge in [-0.1, -0.05) is 12.8 Å². The second-order valence-corrected chi connectivity index (χ2v) is 7.18. The Kier molecular flexibility index (Phi) is 4.31. The van der Waals surface area contributed by atoms with E-state index in [9.17, 15) is 9.90 Å². The van der Waals surface area contributed by atoms with Gasteiger partial charge in [0.1, 0.15) is 0 Å². The molecule has 4 nitrogen and oxygen atoms in total. The summed E-state index contributed by atoms with van der Waals surface area (Å²) >= 11 is 0. The molecule has 0 radical (unpaired) electrons. The minimum Gasteiger partial charge on any atom is -0.393 e. The van der Waals surface area contributed by atoms with E-state index < -0.39 is 0 Å². The largest absolute Gasteiger partial charge is 0.393 e. The van der Waals surface area contributed by atoms with Crippen LogP contribution in [0.1, 0.15) is 66.3 Å². The molecule has 4 heteroatoms. The fraction of sp³-hybridized carbons (Fsp3) is 0.722. The van der Waals surface area contributed by atoms with Gasteiger partial charge in [0.2, 0.25) is 0 Å². The average molecular weight is 304 g/mol. The fourth-order valence-electron chi connectivity index (χ4n) is 3.93. The van der Waals surface area contributed by atoms with E-state index in [2.05, 4.69) is 18.4 Å². The number of hydrogen-bond acceptors (Lipinski definition) is 2. The number of aryl methyl sites for hydroxylation is 1. The van der Waals surface area contributed by atoms with Crippen LogP contribution in [0.4, 0.5) is 0 Å². The van der Waals surface area contributed by atoms with E-state index in [0.717, 1.165) is 30.5 Å². The van der Waals surface area contributed by atoms with Crippen molar-refractivity contribution in [2.24, 2.45) is 5.92 Å². The van der Waals surface area contributed by atoms with Crippen LogP contribution in [-0.2, 0) is 0 Å². The highest BCUT2D eigenvalue weighted by atomic mass is 16.3. The Labute approximate surface area is 133 Å². The quantitative estimate of drug-likeness (QED) is 0.929. The first-order valence-corrected chi connectivity index (χ1v) is 8.61. The Bertz CT molecular complexity index is 560. The number of carbonyl (C=O) groups is 1. The lowest BCUT2D eigenvalue weighted by atomic mass is 9.86. The first-order chi connectivity index (χ1) is 10.5. The number of aliphatic hydroxyl groups is 1. The first kappa shape index (κ1) is 15.6. The molecule has 0 aromatic carbocycles. The lowest BCUT2D eigenvalue weighted by molar-refractivity contribution is 0.0451. The number of carbonyl (C=O) groups excluding carboxylic acids is 1. The molecule has 0 saturated heterocycles. The van der Waals surface area contributed by atoms with Crippen molar-refractivity contribution in [2.75, 3.05) is 13.6 Å². The van der Waals surface area contributed by atoms with Crippen LogP contribution >= 0.6 is 0 Å². The minimum absolute atomic E-state index is 0.0952. The normalized spacial score (nSPS) is 25.3. The van der Waals surface area contributed by atoms with Gasteiger partial charge in [0.25, 0.3) is 5.91 Å². The van der Waals surface area contributed by atoms with E-state index in [1.807, 2.05) is 13.1 Å². The van der Waals surface area contributed by atoms with Crippen LogP contribution in [0.15, 0.2) is 6.07 Å². The molecular weight excluding hydrogens is 276 g/mol. The number of rotatable bonds is 4. The van der Waals surface area contributed by atoms with E-state index in [1.165, 1.54) is 25.0 Å². The van der Waals surface area contributed by atoms with Gasteiger partial charge >= 0.3 is 0 Å². The molecule has 3 rings (SSSR count). The molecule has 2 saturated carbocycles. The van der Waals surface area contributed by atoms with E-state index in [0.29, 0.717) is 12.6 Å². The SMILES string of the molecule is Cc1cc(C(=O)N(C)CC2CCCCC2O)c(C)n1C1CC1. The van der Waals surface area contributed by atoms with E-state index in [-0.39, 0.29) is 17.9 Å². The molecule has 22 heavy (non-hydrogen) atoms. The number of amides is 1. The summed E-state index contributed by atoms with van der Waals surface area (Å²) < 4.78 is 2.32. The van der Waals surface area contributed by atoms with Crippen LogP contribution in [0.25, 0.3) is 0 Å². The van der Waals surface area contributed by atoms with Crippen LogP contribution in [-0.4, -0.2) is 40.2 Å². The maximum absolute atomic E-state index is 12.8. The van der Waals surface area contributed by atoms with Crippen LogP contribution in [0.3, 0.4) is 0 Å². The van der Waals surface area contributed by atoms with Gasteiger partial charge in [0.15, 0.2) is 0 Å². The molecule has 1 aromatic heterocycles. The molecule has 2 aliphatic rings. The van der Waals surface area contributed by atoms with Gasteiger partial charge < -0.3 is 14.6 Å². The third-order valence-corrected chi connectivity index (χ3v) is 5.35. The predicted molar refractivity (Wildman–Crippen MR) is 87.1 cm³/mol. The van der Waals surface area contributed by atoms with Crippen LogP contribution in [0.5, 0.6) is 0 Å². The molecule has 2 unspecified atom stereocenters. The fourth-order valence-corrected chi connectivity index (χ4v) is 3.93. The van der Waals surface area contributed by atoms with Crippen molar-refractivity contribution in [1.29, 1.82) is 0 Å². The minimum atomic E-state index is -0.247. The van der Waals surface area contributed by atoms with Gasteiger partial charge in [0.05, 0.1) is 11.7 Å². The molecule has 2 aliphatic carbocycles. The number of hydrogen-bond donors (Lipinski definition) is 1. The molecule has 1 N–H and O–H groups in total. The Morgan fingerprint density at radius 2 is 1.95 bits per heavy atom. The third kappa shape index (κ3) is 2.94. The first-order valence-electron chi connectivity index (χ1n) is 8.61. The lowest BCUT2D eigenvalue weighted by Crippen LogP contribution is -2.38. The van der Waals surface area contributed by atoms with Gasteiger partial charge in [-0.15, -0.1) is 0 Å². The molecule has 122 valence electrons. The summed E-state index contributed by atoms with van der Waals surface area (Å²) in [5.41, 5.74) is 3.12. The van der Waals surface area contributed by atoms with Crippen molar-refractivity contribution >= 4 is 5.91 Å². The summed E-state index contributed by atoms with van der Waals surface area (Å²) in [5, 5.41) is 10.1. The summed E-state index contributed by atoms with van der Waals surface area (Å²) in [7, 11) is 1.87. The lowest BCUT2D eigenvalue weighted by Gasteiger charge is -2.31. The molecule has 0 bridgehead atoms. The monoisotopic (exact) mass is 304 g/mol. The maximum Gasteiger partial charge on any atom is 0.255 e. The molecular formula is C18H28N2O2. The molecule has 1 heterocycles. The Morgan fingerprint density at radius 1 is 1.27 bits per heavy atom. The van der Waals surface area contributed by atoms with Gasteiger partial charge in [-0.2, -0.15) is 0 Å². The summed E-state index contributed by atoms with van der Waals surface area (Å²) in [4.78, 5) is 14.6. The summed E-state index contributed by atoms with van der Waals surface area (Å²) in [6.45, 7) is 4.81. The maximum atomic E-state index is 12.8. The second-order valence-electron chi connectivity index (χ2n) is 7.18. The van der Waals surface area contributed by atoms with Crippen LogP contribution < -0.4 is 0 Å². The van der Waals surface area contributed by atoms with Crippen molar-refractivity contribution in [3.63, 3.8) is 0 Å². The topological polar surface area (TPSA) is 45.5 Å². The summed E-state index contributed by atoms with van der Waals surface area (Å²) in [6, 6.07) is 2.64. The van der Waals surface area contributed by atoms with Crippen LogP contribution in [0.2, 0.25) is 0 Å². The molecule has 0 spiro atoms. The van der Waals surface area contributed by atoms with E-state index in [1.54, 1.807) is 4.90 Å². The zero-order valence-corrected chi connectivity index (χ0v) is 14.0. The molecule has 1 amide bonds. The van der Waals surface area contributed by atoms with Crippen molar-refractivity contribution in [3.05, 3.63) is 23.0 Å². The van der Waals surface area contributed by atoms with Gasteiger partial charge in [-0.3, -0.25) is 4.79 Å². The molecule has 0 aliphatic heterocycles. The van der Waals surface area contributed by atoms with Crippen LogP contribution in [0, 0.1) is 19.8 Å². The standard InChI is InChI=1S/C18H28N2O2/c1-12-10-16(13(2)20(12)15-8-9-15)18(22)19(3)11-14-6-4-5-7-17(14)21/h10,14-15,17,21H,4-9,11H2,1-3H3. The Balaban J connectivity index is 1.71. The highest BCUT2D eigenvalue weighted by molar-refractivity contribution is 5.95. The number of aliphatic hydroxyl groups excluding tert-OH is 1. The zero-order chi connectivity index (χ0) is 15.9. The Morgan fingerprint density at radius 3 is 2.59 bits per heavy atom. The summed E-state index contributed by atoms with van der Waals surface area (Å²) in [6.07, 6.45) is 6.39. The Hall–Kier alpha value is -1.29. The summed E-state index contributed by atoms with van der Waals surface area (Å²) in [5.74, 6) is 0.326. The third-order valence-electron chi connectivity index (χ3n) is 5.35. The smallest absolute Gasteiger partial charge is 0.255 e. The highest BCUT2D eigenvalue weighted by Gasteiger charge is 2.30. The second kappa shape index (κ2) is 6.07. The molecule has 2 fully saturated rings. The van der Waals surface area contributed by atoms with Gasteiger partial charge in [-0.25, -0.2) is 0 Å². The van der Waals surface area contributed by atoms with E-state index >= 15 is 0 Å². The number of aromatic nitrogens is 1. The highest BCUT2D eigenvalue weighted by Crippen LogP contribution is 2.38. The van der Waals surface area contributed by atoms with Crippen molar-refractivity contribution in [2.45, 2.75) is 64.5 Å². The van der Waals surface area contributed by atoms with Crippen molar-refractivity contribution in [1.82, 2.24) is 9.47 Å². The molecule has 1 aromatic rings. The van der Waals surface area contributed by atoms with E-state index in [4.69, 9.17) is 0 Å². The molecule has 2 atom stereocenters. The van der Waals surface area contributed by atoms with Crippen molar-refractivity contribution < 1.29 is 9.90 Å². The predicted octanol–water partition coefficient (Wildman–Crippen LogP) is 3.06. The average Bonchev–Trinajstić information content (AvgIpc) is 3.26. The number of nitrogens with zero attached hydrogens (tertiary/aromatic N) is 2.